The van der Waals surface area contributed by atoms with Crippen molar-refractivity contribution in [1.82, 2.24) is 15.5 Å². The Kier molecular flexibility index (Phi) is 5.95. The van der Waals surface area contributed by atoms with Gasteiger partial charge in [-0.05, 0) is 18.9 Å². The van der Waals surface area contributed by atoms with Gasteiger partial charge in [0.2, 0.25) is 11.8 Å². The maximum absolute atomic E-state index is 11.8. The largest absolute Gasteiger partial charge is 0.356 e. The van der Waals surface area contributed by atoms with E-state index in [0.29, 0.717) is 19.0 Å². The molecule has 120 valence electrons. The Morgan fingerprint density at radius 3 is 2.73 bits per heavy atom. The van der Waals surface area contributed by atoms with Crippen LogP contribution in [0.1, 0.15) is 38.3 Å². The highest BCUT2D eigenvalue weighted by Crippen LogP contribution is 2.24. The molecule has 1 aromatic rings. The molecule has 0 unspecified atom stereocenters. The number of amides is 2. The number of carbonyl (C=O) groups is 2. The van der Waals surface area contributed by atoms with E-state index >= 15 is 0 Å². The smallest absolute Gasteiger partial charge is 0.222 e. The molecule has 2 amide bonds. The van der Waals surface area contributed by atoms with Gasteiger partial charge in [0.25, 0.3) is 0 Å². The molecule has 0 aliphatic carbocycles. The molecule has 1 aliphatic heterocycles. The van der Waals surface area contributed by atoms with Gasteiger partial charge in [0.05, 0.1) is 0 Å². The van der Waals surface area contributed by atoms with Crippen LogP contribution in [0.5, 0.6) is 0 Å². The highest BCUT2D eigenvalue weighted by atomic mass is 16.2. The molecule has 1 heterocycles. The molecule has 0 aromatic heterocycles. The summed E-state index contributed by atoms with van der Waals surface area (Å²) < 4.78 is 0. The SMILES string of the molecule is CC(=O)NCCC(=O)N[C@@H]1CCN([C@H](C)c2ccccc2)C1. The van der Waals surface area contributed by atoms with Crippen molar-refractivity contribution in [3.05, 3.63) is 35.9 Å². The second-order valence-electron chi connectivity index (χ2n) is 5.87. The first kappa shape index (κ1) is 16.5. The van der Waals surface area contributed by atoms with Crippen molar-refractivity contribution in [2.24, 2.45) is 0 Å². The molecule has 2 atom stereocenters. The van der Waals surface area contributed by atoms with Crippen LogP contribution in [0, 0.1) is 0 Å². The number of likely N-dealkylation sites (tertiary alicyclic amines) is 1. The zero-order valence-corrected chi connectivity index (χ0v) is 13.3. The summed E-state index contributed by atoms with van der Waals surface area (Å²) in [6.07, 6.45) is 1.31. The van der Waals surface area contributed by atoms with Crippen molar-refractivity contribution in [2.45, 2.75) is 38.8 Å². The Bertz CT molecular complexity index is 504. The highest BCUT2D eigenvalue weighted by Gasteiger charge is 2.27. The van der Waals surface area contributed by atoms with Crippen molar-refractivity contribution < 1.29 is 9.59 Å². The van der Waals surface area contributed by atoms with E-state index in [1.165, 1.54) is 12.5 Å². The van der Waals surface area contributed by atoms with Gasteiger partial charge >= 0.3 is 0 Å². The molecule has 0 bridgehead atoms. The Labute approximate surface area is 132 Å². The molecule has 1 fully saturated rings. The lowest BCUT2D eigenvalue weighted by molar-refractivity contribution is -0.122. The first-order chi connectivity index (χ1) is 10.6. The minimum atomic E-state index is -0.100. The maximum Gasteiger partial charge on any atom is 0.222 e. The fourth-order valence-electron chi connectivity index (χ4n) is 2.85. The summed E-state index contributed by atoms with van der Waals surface area (Å²) in [5.74, 6) is -0.0931. The van der Waals surface area contributed by atoms with E-state index in [1.807, 2.05) is 6.07 Å². The lowest BCUT2D eigenvalue weighted by atomic mass is 10.1. The van der Waals surface area contributed by atoms with Gasteiger partial charge in [0.1, 0.15) is 0 Å². The molecular weight excluding hydrogens is 278 g/mol. The minimum absolute atomic E-state index is 0.00737. The fraction of sp³-hybridized carbons (Fsp3) is 0.529. The Morgan fingerprint density at radius 1 is 1.32 bits per heavy atom. The molecule has 0 spiro atoms. The summed E-state index contributed by atoms with van der Waals surface area (Å²) in [6, 6.07) is 11.0. The van der Waals surface area contributed by atoms with Crippen LogP contribution in [0.2, 0.25) is 0 Å². The standard InChI is InChI=1S/C17H25N3O2/c1-13(15-6-4-3-5-7-15)20-11-9-16(12-20)19-17(22)8-10-18-14(2)21/h3-7,13,16H,8-12H2,1-2H3,(H,18,21)(H,19,22)/t13-,16-/m1/s1. The summed E-state index contributed by atoms with van der Waals surface area (Å²) in [7, 11) is 0. The fourth-order valence-corrected chi connectivity index (χ4v) is 2.85. The number of hydrogen-bond donors (Lipinski definition) is 2. The normalized spacial score (nSPS) is 19.6. The maximum atomic E-state index is 11.8. The number of hydrogen-bond acceptors (Lipinski definition) is 3. The molecule has 5 heteroatoms. The number of nitrogens with one attached hydrogen (secondary N) is 2. The second-order valence-corrected chi connectivity index (χ2v) is 5.87. The molecule has 1 aliphatic rings. The van der Waals surface area contributed by atoms with Crippen LogP contribution in [0.25, 0.3) is 0 Å². The van der Waals surface area contributed by atoms with Crippen LogP contribution in [0.4, 0.5) is 0 Å². The van der Waals surface area contributed by atoms with E-state index in [0.717, 1.165) is 19.5 Å². The summed E-state index contributed by atoms with van der Waals surface area (Å²) in [5, 5.41) is 5.70. The van der Waals surface area contributed by atoms with Crippen LogP contribution < -0.4 is 10.6 Å². The predicted molar refractivity (Wildman–Crippen MR) is 86.3 cm³/mol. The predicted octanol–water partition coefficient (Wildman–Crippen LogP) is 1.46. The van der Waals surface area contributed by atoms with Crippen LogP contribution in [-0.4, -0.2) is 42.4 Å². The molecule has 22 heavy (non-hydrogen) atoms. The number of benzene rings is 1. The number of rotatable bonds is 6. The van der Waals surface area contributed by atoms with Crippen molar-refractivity contribution in [3.8, 4) is 0 Å². The third-order valence-corrected chi connectivity index (χ3v) is 4.14. The molecule has 2 rings (SSSR count). The topological polar surface area (TPSA) is 61.4 Å². The Hall–Kier alpha value is -1.88. The first-order valence-electron chi connectivity index (χ1n) is 7.89. The molecule has 0 radical (unpaired) electrons. The van der Waals surface area contributed by atoms with E-state index in [-0.39, 0.29) is 17.9 Å². The van der Waals surface area contributed by atoms with E-state index in [2.05, 4.69) is 46.7 Å². The second kappa shape index (κ2) is 7.94. The van der Waals surface area contributed by atoms with E-state index in [9.17, 15) is 9.59 Å². The molecular formula is C17H25N3O2. The summed E-state index contributed by atoms with van der Waals surface area (Å²) >= 11 is 0. The van der Waals surface area contributed by atoms with E-state index in [4.69, 9.17) is 0 Å². The quantitative estimate of drug-likeness (QED) is 0.836. The lowest BCUT2D eigenvalue weighted by Crippen LogP contribution is -2.39. The van der Waals surface area contributed by atoms with Gasteiger partial charge in [0, 0.05) is 45.1 Å². The summed E-state index contributed by atoms with van der Waals surface area (Å²) in [4.78, 5) is 25.0. The summed E-state index contributed by atoms with van der Waals surface area (Å²) in [5.41, 5.74) is 1.31. The average Bonchev–Trinajstić information content (AvgIpc) is 2.95. The van der Waals surface area contributed by atoms with Crippen LogP contribution >= 0.6 is 0 Å². The van der Waals surface area contributed by atoms with Gasteiger partial charge in [-0.25, -0.2) is 0 Å². The zero-order valence-electron chi connectivity index (χ0n) is 13.3. The molecule has 1 saturated heterocycles. The van der Waals surface area contributed by atoms with Crippen molar-refractivity contribution in [1.29, 1.82) is 0 Å². The van der Waals surface area contributed by atoms with E-state index < -0.39 is 0 Å². The zero-order chi connectivity index (χ0) is 15.9. The third kappa shape index (κ3) is 4.84. The lowest BCUT2D eigenvalue weighted by Gasteiger charge is -2.24. The van der Waals surface area contributed by atoms with Gasteiger partial charge in [0.15, 0.2) is 0 Å². The van der Waals surface area contributed by atoms with E-state index in [1.54, 1.807) is 0 Å². The minimum Gasteiger partial charge on any atom is -0.356 e. The first-order valence-corrected chi connectivity index (χ1v) is 7.89. The number of carbonyl (C=O) groups excluding carboxylic acids is 2. The third-order valence-electron chi connectivity index (χ3n) is 4.14. The molecule has 2 N–H and O–H groups in total. The van der Waals surface area contributed by atoms with Crippen molar-refractivity contribution in [3.63, 3.8) is 0 Å². The highest BCUT2D eigenvalue weighted by molar-refractivity contribution is 5.78. The van der Waals surface area contributed by atoms with Crippen LogP contribution in [0.3, 0.4) is 0 Å². The van der Waals surface area contributed by atoms with Gasteiger partial charge in [-0.1, -0.05) is 30.3 Å². The van der Waals surface area contributed by atoms with Crippen LogP contribution in [0.15, 0.2) is 30.3 Å². The van der Waals surface area contributed by atoms with Gasteiger partial charge in [-0.15, -0.1) is 0 Å². The van der Waals surface area contributed by atoms with Crippen LogP contribution in [-0.2, 0) is 9.59 Å². The molecule has 1 aromatic carbocycles. The number of nitrogens with zero attached hydrogens (tertiary/aromatic N) is 1. The average molecular weight is 303 g/mol. The Balaban J connectivity index is 1.75. The summed E-state index contributed by atoms with van der Waals surface area (Å²) in [6.45, 7) is 5.93. The van der Waals surface area contributed by atoms with Crippen molar-refractivity contribution in [2.75, 3.05) is 19.6 Å². The van der Waals surface area contributed by atoms with Gasteiger partial charge in [-0.2, -0.15) is 0 Å². The molecule has 5 nitrogen and oxygen atoms in total. The monoisotopic (exact) mass is 303 g/mol. The molecule has 0 saturated carbocycles. The van der Waals surface area contributed by atoms with Crippen molar-refractivity contribution >= 4 is 11.8 Å². The van der Waals surface area contributed by atoms with Gasteiger partial charge in [-0.3, -0.25) is 14.5 Å². The Morgan fingerprint density at radius 2 is 2.05 bits per heavy atom. The van der Waals surface area contributed by atoms with Gasteiger partial charge < -0.3 is 10.6 Å².